The second-order valence-electron chi connectivity index (χ2n) is 6.32. The molecule has 0 amide bonds. The Morgan fingerprint density at radius 2 is 1.70 bits per heavy atom. The first-order valence-electron chi connectivity index (χ1n) is 8.57. The normalized spacial score (nSPS) is 11.3. The van der Waals surface area contributed by atoms with Crippen LogP contribution < -0.4 is 4.74 Å². The number of hydrogen-bond donors (Lipinski definition) is 0. The van der Waals surface area contributed by atoms with Crippen molar-refractivity contribution >= 4 is 21.8 Å². The van der Waals surface area contributed by atoms with Gasteiger partial charge >= 0.3 is 0 Å². The highest BCUT2D eigenvalue weighted by atomic mass is 16.5. The maximum atomic E-state index is 5.62. The number of methoxy groups -OCH3 is 1. The summed E-state index contributed by atoms with van der Waals surface area (Å²) in [4.78, 5) is 9.14. The summed E-state index contributed by atoms with van der Waals surface area (Å²) in [7, 11) is 3.60. The zero-order chi connectivity index (χ0) is 18.4. The van der Waals surface area contributed by atoms with Crippen LogP contribution in [-0.4, -0.2) is 26.8 Å². The minimum atomic E-state index is 0.440. The molecule has 27 heavy (non-hydrogen) atoms. The minimum absolute atomic E-state index is 0.440. The van der Waals surface area contributed by atoms with E-state index in [1.54, 1.807) is 7.11 Å². The Morgan fingerprint density at radius 1 is 0.926 bits per heavy atom. The molecule has 0 spiro atoms. The van der Waals surface area contributed by atoms with Crippen molar-refractivity contribution in [2.45, 2.75) is 0 Å². The van der Waals surface area contributed by atoms with Crippen LogP contribution in [0.4, 0.5) is 0 Å². The van der Waals surface area contributed by atoms with E-state index in [2.05, 4.69) is 31.8 Å². The van der Waals surface area contributed by atoms with Crippen molar-refractivity contribution in [1.29, 1.82) is 0 Å². The topological polar surface area (TPSA) is 66.0 Å². The molecule has 3 heterocycles. The Bertz CT molecular complexity index is 1290. The van der Waals surface area contributed by atoms with Crippen LogP contribution in [0.25, 0.3) is 44.6 Å². The number of aromatic nitrogens is 4. The molecule has 0 radical (unpaired) electrons. The third-order valence-electron chi connectivity index (χ3n) is 4.70. The van der Waals surface area contributed by atoms with E-state index in [-0.39, 0.29) is 0 Å². The van der Waals surface area contributed by atoms with Crippen LogP contribution in [0.2, 0.25) is 0 Å². The van der Waals surface area contributed by atoms with Gasteiger partial charge in [-0.2, -0.15) is 4.98 Å². The summed E-state index contributed by atoms with van der Waals surface area (Å²) in [6, 6.07) is 17.8. The van der Waals surface area contributed by atoms with E-state index in [4.69, 9.17) is 9.26 Å². The monoisotopic (exact) mass is 356 g/mol. The van der Waals surface area contributed by atoms with Gasteiger partial charge in [-0.1, -0.05) is 41.6 Å². The van der Waals surface area contributed by atoms with Gasteiger partial charge < -0.3 is 13.8 Å². The quantitative estimate of drug-likeness (QED) is 0.478. The molecule has 6 nitrogen and oxygen atoms in total. The summed E-state index contributed by atoms with van der Waals surface area (Å²) >= 11 is 0. The van der Waals surface area contributed by atoms with E-state index in [0.29, 0.717) is 17.6 Å². The molecule has 5 rings (SSSR count). The van der Waals surface area contributed by atoms with Crippen molar-refractivity contribution in [1.82, 2.24) is 19.7 Å². The average molecular weight is 356 g/mol. The standard InChI is InChI=1S/C21H16N4O2/c1-25-12-16(14-8-4-6-10-18(14)25)20-23-21(27-24-20)15-11-19(26-2)22-17-9-5-3-7-13(15)17/h3-12H,1-2H3. The van der Waals surface area contributed by atoms with Gasteiger partial charge in [0.2, 0.25) is 11.7 Å². The van der Waals surface area contributed by atoms with E-state index in [1.807, 2.05) is 55.7 Å². The number of nitrogens with zero attached hydrogens (tertiary/aromatic N) is 4. The molecule has 0 aliphatic rings. The Hall–Kier alpha value is -3.67. The van der Waals surface area contributed by atoms with Crippen molar-refractivity contribution in [3.8, 4) is 28.7 Å². The van der Waals surface area contributed by atoms with Gasteiger partial charge in [-0.3, -0.25) is 0 Å². The molecule has 0 bridgehead atoms. The number of pyridine rings is 1. The summed E-state index contributed by atoms with van der Waals surface area (Å²) < 4.78 is 13.0. The van der Waals surface area contributed by atoms with Gasteiger partial charge in [-0.15, -0.1) is 0 Å². The second-order valence-corrected chi connectivity index (χ2v) is 6.32. The van der Waals surface area contributed by atoms with Crippen LogP contribution in [0, 0.1) is 0 Å². The van der Waals surface area contributed by atoms with Crippen LogP contribution in [0.3, 0.4) is 0 Å². The van der Waals surface area contributed by atoms with E-state index in [9.17, 15) is 0 Å². The first kappa shape index (κ1) is 15.6. The largest absolute Gasteiger partial charge is 0.481 e. The van der Waals surface area contributed by atoms with Gasteiger partial charge in [-0.25, -0.2) is 4.98 Å². The van der Waals surface area contributed by atoms with Crippen molar-refractivity contribution < 1.29 is 9.26 Å². The summed E-state index contributed by atoms with van der Waals surface area (Å²) in [5.74, 6) is 1.50. The van der Waals surface area contributed by atoms with Crippen molar-refractivity contribution in [3.63, 3.8) is 0 Å². The average Bonchev–Trinajstić information content (AvgIpc) is 3.32. The van der Waals surface area contributed by atoms with Gasteiger partial charge in [0.15, 0.2) is 0 Å². The van der Waals surface area contributed by atoms with Gasteiger partial charge in [-0.05, 0) is 12.1 Å². The highest BCUT2D eigenvalue weighted by Gasteiger charge is 2.18. The molecule has 132 valence electrons. The SMILES string of the molecule is COc1cc(-c2nc(-c3cn(C)c4ccccc34)no2)c2ccccc2n1. The number of aryl methyl sites for hydroxylation is 1. The predicted molar refractivity (Wildman–Crippen MR) is 104 cm³/mol. The second kappa shape index (κ2) is 5.95. The lowest BCUT2D eigenvalue weighted by atomic mass is 10.1. The third-order valence-corrected chi connectivity index (χ3v) is 4.70. The summed E-state index contributed by atoms with van der Waals surface area (Å²) in [6.07, 6.45) is 2.02. The highest BCUT2D eigenvalue weighted by molar-refractivity contribution is 5.95. The molecule has 5 aromatic rings. The van der Waals surface area contributed by atoms with Gasteiger partial charge in [0, 0.05) is 41.2 Å². The Labute approximate surface area is 155 Å². The van der Waals surface area contributed by atoms with E-state index >= 15 is 0 Å². The number of hydrogen-bond acceptors (Lipinski definition) is 5. The van der Waals surface area contributed by atoms with Crippen LogP contribution in [0.15, 0.2) is 65.3 Å². The van der Waals surface area contributed by atoms with Crippen LogP contribution >= 0.6 is 0 Å². The van der Waals surface area contributed by atoms with Crippen molar-refractivity contribution in [2.75, 3.05) is 7.11 Å². The molecule has 0 saturated heterocycles. The number of rotatable bonds is 3. The van der Waals surface area contributed by atoms with E-state index in [0.717, 1.165) is 32.9 Å². The number of ether oxygens (including phenoxy) is 1. The molecule has 0 aliphatic heterocycles. The molecule has 0 unspecified atom stereocenters. The maximum Gasteiger partial charge on any atom is 0.259 e. The molecule has 0 fully saturated rings. The molecule has 0 saturated carbocycles. The molecule has 2 aromatic carbocycles. The molecule has 6 heteroatoms. The smallest absolute Gasteiger partial charge is 0.259 e. The number of para-hydroxylation sites is 2. The summed E-state index contributed by atoms with van der Waals surface area (Å²) in [5, 5.41) is 6.25. The summed E-state index contributed by atoms with van der Waals surface area (Å²) in [5.41, 5.74) is 3.68. The fourth-order valence-electron chi connectivity index (χ4n) is 3.39. The Morgan fingerprint density at radius 3 is 2.56 bits per heavy atom. The fourth-order valence-corrected chi connectivity index (χ4v) is 3.39. The van der Waals surface area contributed by atoms with Crippen LogP contribution in [0.5, 0.6) is 5.88 Å². The number of fused-ring (bicyclic) bond motifs is 2. The predicted octanol–water partition coefficient (Wildman–Crippen LogP) is 4.45. The van der Waals surface area contributed by atoms with E-state index in [1.165, 1.54) is 0 Å². The molecular weight excluding hydrogens is 340 g/mol. The molecule has 0 aliphatic carbocycles. The van der Waals surface area contributed by atoms with Crippen LogP contribution in [0.1, 0.15) is 0 Å². The van der Waals surface area contributed by atoms with Gasteiger partial charge in [0.1, 0.15) is 0 Å². The Balaban J connectivity index is 1.69. The first-order chi connectivity index (χ1) is 13.2. The third kappa shape index (κ3) is 2.45. The first-order valence-corrected chi connectivity index (χ1v) is 8.57. The zero-order valence-corrected chi connectivity index (χ0v) is 14.9. The van der Waals surface area contributed by atoms with Gasteiger partial charge in [0.25, 0.3) is 5.89 Å². The lowest BCUT2D eigenvalue weighted by molar-refractivity contribution is 0.399. The molecule has 0 N–H and O–H groups in total. The molecule has 3 aromatic heterocycles. The number of benzene rings is 2. The molecule has 0 atom stereocenters. The molecular formula is C21H16N4O2. The summed E-state index contributed by atoms with van der Waals surface area (Å²) in [6.45, 7) is 0. The highest BCUT2D eigenvalue weighted by Crippen LogP contribution is 2.33. The minimum Gasteiger partial charge on any atom is -0.481 e. The zero-order valence-electron chi connectivity index (χ0n) is 14.9. The van der Waals surface area contributed by atoms with Crippen molar-refractivity contribution in [3.05, 3.63) is 60.8 Å². The lowest BCUT2D eigenvalue weighted by Gasteiger charge is -2.05. The van der Waals surface area contributed by atoms with Crippen molar-refractivity contribution in [2.24, 2.45) is 7.05 Å². The maximum absolute atomic E-state index is 5.62. The van der Waals surface area contributed by atoms with Crippen LogP contribution in [-0.2, 0) is 7.05 Å². The van der Waals surface area contributed by atoms with E-state index < -0.39 is 0 Å². The Kier molecular flexibility index (Phi) is 3.43. The lowest BCUT2D eigenvalue weighted by Crippen LogP contribution is -1.91. The fraction of sp³-hybridized carbons (Fsp3) is 0.0952. The van der Waals surface area contributed by atoms with Gasteiger partial charge in [0.05, 0.1) is 18.2 Å².